The Kier molecular flexibility index (Phi) is 6.64. The van der Waals surface area contributed by atoms with E-state index in [0.29, 0.717) is 15.6 Å². The van der Waals surface area contributed by atoms with Gasteiger partial charge in [-0.2, -0.15) is 0 Å². The maximum absolute atomic E-state index is 14.5. The average molecular weight is 439 g/mol. The van der Waals surface area contributed by atoms with Crippen molar-refractivity contribution < 1.29 is 4.55 Å². The van der Waals surface area contributed by atoms with E-state index in [1.54, 1.807) is 0 Å². The molecule has 0 aliphatic carbocycles. The van der Waals surface area contributed by atoms with Crippen LogP contribution in [0.15, 0.2) is 135 Å². The Balaban J connectivity index is 1.94. The molecule has 0 aliphatic heterocycles. The summed E-state index contributed by atoms with van der Waals surface area (Å²) >= 11 is 0. The molecule has 0 N–H and O–H groups in total. The first-order valence-corrected chi connectivity index (χ1v) is 12.0. The first-order chi connectivity index (χ1) is 15.6. The Morgan fingerprint density at radius 2 is 1.19 bits per heavy atom. The summed E-state index contributed by atoms with van der Waals surface area (Å²) in [5.41, 5.74) is 3.16. The summed E-state index contributed by atoms with van der Waals surface area (Å²) in [6, 6.07) is 37.2. The smallest absolute Gasteiger partial charge is 0.180 e. The molecule has 0 radical (unpaired) electrons. The highest BCUT2D eigenvalue weighted by Gasteiger charge is 2.23. The van der Waals surface area contributed by atoms with Crippen LogP contribution in [0.4, 0.5) is 5.69 Å². The predicted molar refractivity (Wildman–Crippen MR) is 134 cm³/mol. The van der Waals surface area contributed by atoms with Crippen LogP contribution in [-0.2, 0) is 10.1 Å². The summed E-state index contributed by atoms with van der Waals surface area (Å²) in [7, 11) is -0.955. The third kappa shape index (κ3) is 4.88. The number of hydrogen-bond acceptors (Lipinski definition) is 3. The molecule has 0 aliphatic rings. The molecular formula is C28H26N2OS. The minimum atomic E-state index is -2.91. The monoisotopic (exact) mass is 438 g/mol. The lowest BCUT2D eigenvalue weighted by atomic mass is 10.2. The molecule has 4 heteroatoms. The molecule has 0 spiro atoms. The van der Waals surface area contributed by atoms with Gasteiger partial charge >= 0.3 is 0 Å². The Morgan fingerprint density at radius 3 is 1.69 bits per heavy atom. The van der Waals surface area contributed by atoms with Crippen molar-refractivity contribution in [3.05, 3.63) is 132 Å². The van der Waals surface area contributed by atoms with E-state index in [-0.39, 0.29) is 0 Å². The first kappa shape index (κ1) is 21.8. The molecule has 0 unspecified atom stereocenters. The van der Waals surface area contributed by atoms with Crippen molar-refractivity contribution >= 4 is 21.9 Å². The van der Waals surface area contributed by atoms with E-state index in [1.165, 1.54) is 5.56 Å². The lowest BCUT2D eigenvalue weighted by Gasteiger charge is -2.26. The van der Waals surface area contributed by atoms with Gasteiger partial charge in [-0.05, 0) is 65.1 Å². The molecule has 32 heavy (non-hydrogen) atoms. The Morgan fingerprint density at radius 1 is 0.719 bits per heavy atom. The zero-order valence-electron chi connectivity index (χ0n) is 18.3. The lowest BCUT2D eigenvalue weighted by Crippen LogP contribution is -2.20. The second kappa shape index (κ2) is 9.77. The minimum absolute atomic E-state index is 0.623. The molecule has 3 nitrogen and oxygen atoms in total. The minimum Gasteiger partial charge on any atom is -0.622 e. The van der Waals surface area contributed by atoms with E-state index >= 15 is 0 Å². The van der Waals surface area contributed by atoms with Crippen LogP contribution in [0, 0.1) is 6.92 Å². The zero-order valence-corrected chi connectivity index (χ0v) is 19.1. The van der Waals surface area contributed by atoms with Crippen LogP contribution in [0.3, 0.4) is 0 Å². The van der Waals surface area contributed by atoms with Crippen molar-refractivity contribution in [2.75, 3.05) is 11.9 Å². The summed E-state index contributed by atoms with van der Waals surface area (Å²) in [4.78, 5) is 3.35. The maximum atomic E-state index is 14.5. The summed E-state index contributed by atoms with van der Waals surface area (Å²) in [5, 5.41) is 0. The highest BCUT2D eigenvalue weighted by atomic mass is 32.3. The largest absolute Gasteiger partial charge is 0.622 e. The van der Waals surface area contributed by atoms with Crippen molar-refractivity contribution in [2.24, 2.45) is 4.36 Å². The molecule has 0 heterocycles. The van der Waals surface area contributed by atoms with Gasteiger partial charge in [-0.25, -0.2) is 0 Å². The normalized spacial score (nSPS) is 11.8. The predicted octanol–water partition coefficient (Wildman–Crippen LogP) is 7.02. The molecule has 0 saturated heterocycles. The van der Waals surface area contributed by atoms with Gasteiger partial charge in [-0.15, -0.1) is 0 Å². The maximum Gasteiger partial charge on any atom is 0.180 e. The van der Waals surface area contributed by atoms with E-state index in [4.69, 9.17) is 4.36 Å². The molecule has 0 aromatic heterocycles. The van der Waals surface area contributed by atoms with E-state index in [2.05, 4.69) is 31.2 Å². The van der Waals surface area contributed by atoms with Gasteiger partial charge in [0.25, 0.3) is 0 Å². The van der Waals surface area contributed by atoms with Crippen LogP contribution in [0.5, 0.6) is 0 Å². The van der Waals surface area contributed by atoms with Gasteiger partial charge in [-0.3, -0.25) is 0 Å². The van der Waals surface area contributed by atoms with Crippen LogP contribution in [-0.4, -0.2) is 11.6 Å². The SMILES string of the molecule is Cc1ccc(N(C)/C(=C/c2ccccc2)N=[S+]([O-])(c2ccccc2)c2ccccc2)cc1. The first-order valence-electron chi connectivity index (χ1n) is 10.5. The van der Waals surface area contributed by atoms with Crippen molar-refractivity contribution in [1.29, 1.82) is 0 Å². The Labute approximate surface area is 191 Å². The van der Waals surface area contributed by atoms with E-state index in [1.807, 2.05) is 109 Å². The fourth-order valence-electron chi connectivity index (χ4n) is 3.37. The van der Waals surface area contributed by atoms with Gasteiger partial charge in [0.05, 0.1) is 0 Å². The molecule has 0 bridgehead atoms. The second-order valence-corrected chi connectivity index (χ2v) is 9.73. The topological polar surface area (TPSA) is 38.7 Å². The van der Waals surface area contributed by atoms with Crippen LogP contribution >= 0.6 is 0 Å². The van der Waals surface area contributed by atoms with Gasteiger partial charge in [0.15, 0.2) is 5.82 Å². The van der Waals surface area contributed by atoms with Gasteiger partial charge in [0, 0.05) is 12.7 Å². The molecule has 0 amide bonds. The van der Waals surface area contributed by atoms with Gasteiger partial charge < -0.3 is 9.45 Å². The fourth-order valence-corrected chi connectivity index (χ4v) is 5.34. The third-order valence-electron chi connectivity index (χ3n) is 5.21. The van der Waals surface area contributed by atoms with Crippen molar-refractivity contribution in [2.45, 2.75) is 16.7 Å². The highest BCUT2D eigenvalue weighted by Crippen LogP contribution is 2.32. The molecule has 4 aromatic rings. The second-order valence-electron chi connectivity index (χ2n) is 7.55. The Hall–Kier alpha value is -3.47. The van der Waals surface area contributed by atoms with Gasteiger partial charge in [-0.1, -0.05) is 88.8 Å². The number of hydrogen-bond donors (Lipinski definition) is 0. The number of aryl methyl sites for hydroxylation is 1. The third-order valence-corrected chi connectivity index (χ3v) is 7.47. The molecule has 4 rings (SSSR count). The molecule has 4 aromatic carbocycles. The van der Waals surface area contributed by atoms with Crippen LogP contribution < -0.4 is 4.90 Å². The fraction of sp³-hybridized carbons (Fsp3) is 0.0714. The van der Waals surface area contributed by atoms with Crippen molar-refractivity contribution in [3.8, 4) is 0 Å². The highest BCUT2D eigenvalue weighted by molar-refractivity contribution is 8.00. The van der Waals surface area contributed by atoms with Crippen LogP contribution in [0.1, 0.15) is 11.1 Å². The molecule has 0 fully saturated rings. The van der Waals surface area contributed by atoms with Crippen LogP contribution in [0.2, 0.25) is 0 Å². The lowest BCUT2D eigenvalue weighted by molar-refractivity contribution is 0.583. The average Bonchev–Trinajstić information content (AvgIpc) is 2.85. The Bertz CT molecular complexity index is 1190. The zero-order chi connectivity index (χ0) is 22.4. The van der Waals surface area contributed by atoms with Crippen molar-refractivity contribution in [3.63, 3.8) is 0 Å². The summed E-state index contributed by atoms with van der Waals surface area (Å²) in [6.45, 7) is 2.06. The summed E-state index contributed by atoms with van der Waals surface area (Å²) in [6.07, 6.45) is 1.98. The number of rotatable bonds is 6. The molecular weight excluding hydrogens is 412 g/mol. The molecule has 0 saturated carbocycles. The molecule has 160 valence electrons. The van der Waals surface area contributed by atoms with E-state index in [0.717, 1.165) is 11.3 Å². The van der Waals surface area contributed by atoms with E-state index in [9.17, 15) is 4.55 Å². The summed E-state index contributed by atoms with van der Waals surface area (Å²) in [5.74, 6) is 0.623. The van der Waals surface area contributed by atoms with Crippen molar-refractivity contribution in [1.82, 2.24) is 0 Å². The molecule has 0 atom stereocenters. The quantitative estimate of drug-likeness (QED) is 0.304. The van der Waals surface area contributed by atoms with Gasteiger partial charge in [0.2, 0.25) is 0 Å². The summed E-state index contributed by atoms with van der Waals surface area (Å²) < 4.78 is 19.5. The number of anilines is 1. The van der Waals surface area contributed by atoms with Gasteiger partial charge in [0.1, 0.15) is 9.79 Å². The number of nitrogens with zero attached hydrogens (tertiary/aromatic N) is 2. The number of benzene rings is 4. The standard InChI is InChI=1S/C28H26N2OS/c1-23-18-20-25(21-19-23)30(2)28(22-24-12-6-3-7-13-24)29-32(31,26-14-8-4-9-15-26)27-16-10-5-11-17-27/h3-22H,1-2H3/b28-22+. The van der Waals surface area contributed by atoms with Crippen LogP contribution in [0.25, 0.3) is 6.08 Å². The van der Waals surface area contributed by atoms with E-state index < -0.39 is 10.1 Å².